The molecule has 0 bridgehead atoms. The molecule has 1 N–H and O–H groups in total. The molecule has 0 radical (unpaired) electrons. The van der Waals surface area contributed by atoms with Gasteiger partial charge in [-0.1, -0.05) is 6.92 Å². The smallest absolute Gasteiger partial charge is 0.246 e. The predicted octanol–water partition coefficient (Wildman–Crippen LogP) is 0.982. The molecule has 1 aromatic rings. The topological polar surface area (TPSA) is 67.2 Å². The van der Waals surface area contributed by atoms with Gasteiger partial charge in [0.05, 0.1) is 21.9 Å². The van der Waals surface area contributed by atoms with Gasteiger partial charge in [0.1, 0.15) is 0 Å². The third-order valence-electron chi connectivity index (χ3n) is 3.67. The summed E-state index contributed by atoms with van der Waals surface area (Å²) in [7, 11) is 3.42. The fourth-order valence-electron chi connectivity index (χ4n) is 2.34. The average Bonchev–Trinajstić information content (AvgIpc) is 2.70. The molecule has 1 unspecified atom stereocenters. The molecule has 7 heteroatoms. The Balaban J connectivity index is 2.04. The summed E-state index contributed by atoms with van der Waals surface area (Å²) in [5.74, 6) is -0.265. The van der Waals surface area contributed by atoms with Gasteiger partial charge in [-0.25, -0.2) is 0 Å². The molecular formula is C13H19BrN4O2. The van der Waals surface area contributed by atoms with E-state index in [-0.39, 0.29) is 17.9 Å². The molecule has 1 aromatic heterocycles. The largest absolute Gasteiger partial charge is 0.300 e. The van der Waals surface area contributed by atoms with Gasteiger partial charge in [0.25, 0.3) is 0 Å². The molecule has 110 valence electrons. The molecule has 6 nitrogen and oxygen atoms in total. The van der Waals surface area contributed by atoms with Crippen LogP contribution in [0.25, 0.3) is 0 Å². The second-order valence-electron chi connectivity index (χ2n) is 4.95. The van der Waals surface area contributed by atoms with E-state index in [9.17, 15) is 9.59 Å². The summed E-state index contributed by atoms with van der Waals surface area (Å²) in [5, 5.41) is 7.64. The minimum absolute atomic E-state index is 0.108. The number of nitrogens with zero attached hydrogens (tertiary/aromatic N) is 3. The summed E-state index contributed by atoms with van der Waals surface area (Å²) < 4.78 is 2.81. The number of carbonyl (C=O) groups excluding carboxylic acids is 2. The Labute approximate surface area is 126 Å². The highest BCUT2D eigenvalue weighted by Gasteiger charge is 2.31. The second-order valence-corrected chi connectivity index (χ2v) is 5.74. The molecule has 1 atom stereocenters. The third-order valence-corrected chi connectivity index (χ3v) is 4.58. The Hall–Kier alpha value is -1.21. The zero-order valence-corrected chi connectivity index (χ0v) is 13.5. The molecule has 1 aliphatic heterocycles. The van der Waals surface area contributed by atoms with Crippen molar-refractivity contribution in [1.82, 2.24) is 20.0 Å². The van der Waals surface area contributed by atoms with Crippen molar-refractivity contribution in [2.24, 2.45) is 7.05 Å². The summed E-state index contributed by atoms with van der Waals surface area (Å²) >= 11 is 3.55. The van der Waals surface area contributed by atoms with Crippen molar-refractivity contribution in [3.8, 4) is 0 Å². The van der Waals surface area contributed by atoms with Crippen LogP contribution in [0.5, 0.6) is 0 Å². The normalized spacial score (nSPS) is 19.8. The molecular weight excluding hydrogens is 324 g/mol. The van der Waals surface area contributed by atoms with Gasteiger partial charge in [-0.2, -0.15) is 5.10 Å². The molecule has 2 rings (SSSR count). The molecule has 0 aliphatic carbocycles. The monoisotopic (exact) mass is 342 g/mol. The van der Waals surface area contributed by atoms with E-state index >= 15 is 0 Å². The lowest BCUT2D eigenvalue weighted by Crippen LogP contribution is -2.51. The van der Waals surface area contributed by atoms with Crippen LogP contribution in [0, 0.1) is 0 Å². The third kappa shape index (κ3) is 2.78. The van der Waals surface area contributed by atoms with Gasteiger partial charge in [0.2, 0.25) is 11.8 Å². The number of piperidine rings is 1. The van der Waals surface area contributed by atoms with Gasteiger partial charge in [-0.15, -0.1) is 0 Å². The number of rotatable bonds is 4. The molecule has 2 amide bonds. The van der Waals surface area contributed by atoms with E-state index in [1.807, 2.05) is 11.7 Å². The highest BCUT2D eigenvalue weighted by molar-refractivity contribution is 9.10. The van der Waals surface area contributed by atoms with Crippen LogP contribution in [0.4, 0.5) is 0 Å². The molecule has 1 aliphatic rings. The van der Waals surface area contributed by atoms with Crippen molar-refractivity contribution >= 4 is 27.7 Å². The summed E-state index contributed by atoms with van der Waals surface area (Å²) in [5.41, 5.74) is 2.01. The lowest BCUT2D eigenvalue weighted by molar-refractivity contribution is -0.148. The van der Waals surface area contributed by atoms with Crippen LogP contribution in [0.3, 0.4) is 0 Å². The predicted molar refractivity (Wildman–Crippen MR) is 77.9 cm³/mol. The highest BCUT2D eigenvalue weighted by atomic mass is 79.9. The van der Waals surface area contributed by atoms with Crippen molar-refractivity contribution in [2.75, 3.05) is 7.05 Å². The molecule has 2 heterocycles. The number of likely N-dealkylation sites (N-methyl/N-ethyl adjacent to an activating group) is 1. The van der Waals surface area contributed by atoms with E-state index in [1.165, 1.54) is 11.9 Å². The lowest BCUT2D eigenvalue weighted by atomic mass is 10.0. The number of amides is 2. The van der Waals surface area contributed by atoms with Gasteiger partial charge in [0, 0.05) is 27.1 Å². The fraction of sp³-hybridized carbons (Fsp3) is 0.615. The number of imide groups is 1. The number of nitrogens with one attached hydrogen (secondary N) is 1. The van der Waals surface area contributed by atoms with Gasteiger partial charge in [-0.05, 0) is 28.8 Å². The number of halogens is 1. The Bertz CT molecular complexity index is 541. The van der Waals surface area contributed by atoms with Gasteiger partial charge >= 0.3 is 0 Å². The Morgan fingerprint density at radius 2 is 2.10 bits per heavy atom. The number of hydrogen-bond donors (Lipinski definition) is 1. The van der Waals surface area contributed by atoms with Crippen LogP contribution < -0.4 is 5.32 Å². The zero-order valence-electron chi connectivity index (χ0n) is 11.9. The van der Waals surface area contributed by atoms with Crippen molar-refractivity contribution < 1.29 is 9.59 Å². The van der Waals surface area contributed by atoms with E-state index in [1.54, 1.807) is 0 Å². The van der Waals surface area contributed by atoms with Crippen LogP contribution in [0.1, 0.15) is 31.2 Å². The number of hydrogen-bond acceptors (Lipinski definition) is 4. The highest BCUT2D eigenvalue weighted by Crippen LogP contribution is 2.22. The van der Waals surface area contributed by atoms with Gasteiger partial charge in [0.15, 0.2) is 0 Å². The van der Waals surface area contributed by atoms with Crippen LogP contribution in [-0.2, 0) is 29.6 Å². The first-order chi connectivity index (χ1) is 9.45. The maximum absolute atomic E-state index is 12.0. The molecule has 1 saturated heterocycles. The first kappa shape index (κ1) is 15.2. The molecule has 0 spiro atoms. The van der Waals surface area contributed by atoms with Crippen molar-refractivity contribution in [3.63, 3.8) is 0 Å². The molecule has 0 saturated carbocycles. The van der Waals surface area contributed by atoms with E-state index in [2.05, 4.69) is 33.3 Å². The Morgan fingerprint density at radius 3 is 2.70 bits per heavy atom. The molecule has 20 heavy (non-hydrogen) atoms. The average molecular weight is 343 g/mol. The van der Waals surface area contributed by atoms with E-state index in [4.69, 9.17) is 0 Å². The van der Waals surface area contributed by atoms with E-state index in [0.717, 1.165) is 22.3 Å². The Morgan fingerprint density at radius 1 is 1.40 bits per heavy atom. The molecule has 0 aromatic carbocycles. The van der Waals surface area contributed by atoms with Crippen molar-refractivity contribution in [2.45, 2.75) is 38.8 Å². The standard InChI is InChI=1S/C13H19BrN4O2/c1-4-8-12(14)10(18(3)16-8)7-15-9-5-6-11(19)17(2)13(9)20/h9,15H,4-7H2,1-3H3. The summed E-state index contributed by atoms with van der Waals surface area (Å²) in [6, 6.07) is -0.301. The van der Waals surface area contributed by atoms with Crippen LogP contribution >= 0.6 is 15.9 Å². The van der Waals surface area contributed by atoms with Crippen LogP contribution in [0.2, 0.25) is 0 Å². The van der Waals surface area contributed by atoms with E-state index in [0.29, 0.717) is 19.4 Å². The second kappa shape index (κ2) is 6.05. The maximum atomic E-state index is 12.0. The van der Waals surface area contributed by atoms with Gasteiger partial charge < -0.3 is 5.32 Å². The van der Waals surface area contributed by atoms with Crippen molar-refractivity contribution in [3.05, 3.63) is 15.9 Å². The van der Waals surface area contributed by atoms with Crippen LogP contribution in [-0.4, -0.2) is 39.6 Å². The van der Waals surface area contributed by atoms with Gasteiger partial charge in [-0.3, -0.25) is 19.2 Å². The summed E-state index contributed by atoms with van der Waals surface area (Å²) in [6.45, 7) is 2.60. The lowest BCUT2D eigenvalue weighted by Gasteiger charge is -2.28. The number of aryl methyl sites for hydroxylation is 2. The quantitative estimate of drug-likeness (QED) is 0.828. The fourth-order valence-corrected chi connectivity index (χ4v) is 3.09. The van der Waals surface area contributed by atoms with E-state index < -0.39 is 0 Å². The van der Waals surface area contributed by atoms with Crippen molar-refractivity contribution in [1.29, 1.82) is 0 Å². The SMILES string of the molecule is CCc1nn(C)c(CNC2CCC(=O)N(C)C2=O)c1Br. The zero-order chi connectivity index (χ0) is 14.9. The molecule has 1 fully saturated rings. The van der Waals surface area contributed by atoms with Crippen LogP contribution in [0.15, 0.2) is 4.47 Å². The minimum atomic E-state index is -0.301. The summed E-state index contributed by atoms with van der Waals surface area (Å²) in [6.07, 6.45) is 1.82. The number of aromatic nitrogens is 2. The first-order valence-electron chi connectivity index (χ1n) is 6.69. The minimum Gasteiger partial charge on any atom is -0.300 e. The Kier molecular flexibility index (Phi) is 4.59. The summed E-state index contributed by atoms with van der Waals surface area (Å²) in [4.78, 5) is 24.6. The first-order valence-corrected chi connectivity index (χ1v) is 7.49. The number of carbonyl (C=O) groups is 2. The number of likely N-dealkylation sites (tertiary alicyclic amines) is 1. The maximum Gasteiger partial charge on any atom is 0.246 e.